The maximum atomic E-state index is 12.6. The van der Waals surface area contributed by atoms with E-state index in [0.29, 0.717) is 16.3 Å². The van der Waals surface area contributed by atoms with Gasteiger partial charge in [-0.3, -0.25) is 9.71 Å². The summed E-state index contributed by atoms with van der Waals surface area (Å²) in [6, 6.07) is 9.73. The maximum Gasteiger partial charge on any atom is 0.573 e. The van der Waals surface area contributed by atoms with Crippen molar-refractivity contribution in [2.45, 2.75) is 18.2 Å². The van der Waals surface area contributed by atoms with Gasteiger partial charge in [0.1, 0.15) is 10.6 Å². The van der Waals surface area contributed by atoms with E-state index in [1.54, 1.807) is 31.3 Å². The van der Waals surface area contributed by atoms with Crippen LogP contribution in [0.3, 0.4) is 0 Å². The van der Waals surface area contributed by atoms with Gasteiger partial charge in [0.2, 0.25) is 0 Å². The minimum atomic E-state index is -5.02. The molecule has 0 bridgehead atoms. The van der Waals surface area contributed by atoms with Crippen molar-refractivity contribution in [1.82, 2.24) is 9.97 Å². The van der Waals surface area contributed by atoms with Gasteiger partial charge in [-0.2, -0.15) is 0 Å². The predicted molar refractivity (Wildman–Crippen MR) is 94.0 cm³/mol. The molecule has 0 saturated heterocycles. The number of anilines is 1. The summed E-state index contributed by atoms with van der Waals surface area (Å²) >= 11 is 1.03. The van der Waals surface area contributed by atoms with Crippen LogP contribution in [-0.2, 0) is 10.0 Å². The molecular formula is C16H12F3N3O3S2. The summed E-state index contributed by atoms with van der Waals surface area (Å²) in [5.74, 6) is -0.823. The molecule has 2 aromatic heterocycles. The number of alkyl halides is 3. The quantitative estimate of drug-likeness (QED) is 0.675. The molecule has 3 rings (SSSR count). The van der Waals surface area contributed by atoms with Crippen molar-refractivity contribution in [2.75, 3.05) is 4.72 Å². The highest BCUT2D eigenvalue weighted by molar-refractivity contribution is 7.93. The van der Waals surface area contributed by atoms with Crippen molar-refractivity contribution in [3.8, 4) is 16.3 Å². The predicted octanol–water partition coefficient (Wildman–Crippen LogP) is 4.21. The highest BCUT2D eigenvalue weighted by Gasteiger charge is 2.34. The SMILES string of the molecule is Cc1nc(NS(=O)(=O)c2ccccc2OC(F)(F)F)sc1-c1ccccn1. The van der Waals surface area contributed by atoms with Crippen molar-refractivity contribution in [3.05, 3.63) is 54.4 Å². The summed E-state index contributed by atoms with van der Waals surface area (Å²) in [5, 5.41) is 0.00923. The Labute approximate surface area is 156 Å². The average molecular weight is 415 g/mol. The third-order valence-corrected chi connectivity index (χ3v) is 5.88. The molecule has 2 heterocycles. The number of nitrogens with one attached hydrogen (secondary N) is 1. The molecule has 6 nitrogen and oxygen atoms in total. The molecule has 0 unspecified atom stereocenters. The molecule has 1 aromatic carbocycles. The fourth-order valence-electron chi connectivity index (χ4n) is 2.23. The van der Waals surface area contributed by atoms with Crippen LogP contribution >= 0.6 is 11.3 Å². The second kappa shape index (κ2) is 7.16. The molecule has 0 aliphatic rings. The van der Waals surface area contributed by atoms with Crippen LogP contribution in [0.2, 0.25) is 0 Å². The average Bonchev–Trinajstić information content (AvgIpc) is 2.94. The van der Waals surface area contributed by atoms with Gasteiger partial charge in [0.15, 0.2) is 5.13 Å². The second-order valence-corrected chi connectivity index (χ2v) is 7.90. The lowest BCUT2D eigenvalue weighted by Gasteiger charge is -2.13. The molecule has 11 heteroatoms. The third-order valence-electron chi connectivity index (χ3n) is 3.28. The van der Waals surface area contributed by atoms with E-state index >= 15 is 0 Å². The van der Waals surface area contributed by atoms with Crippen molar-refractivity contribution in [1.29, 1.82) is 0 Å². The van der Waals surface area contributed by atoms with Gasteiger partial charge in [-0.15, -0.1) is 13.2 Å². The molecular weight excluding hydrogens is 403 g/mol. The third kappa shape index (κ3) is 4.55. The smallest absolute Gasteiger partial charge is 0.404 e. The Bertz CT molecular complexity index is 1050. The minimum Gasteiger partial charge on any atom is -0.404 e. The molecule has 3 aromatic rings. The number of hydrogen-bond acceptors (Lipinski definition) is 6. The summed E-state index contributed by atoms with van der Waals surface area (Å²) in [6.07, 6.45) is -3.43. The Morgan fingerprint density at radius 1 is 1.11 bits per heavy atom. The number of para-hydroxylation sites is 1. The second-order valence-electron chi connectivity index (χ2n) is 5.25. The van der Waals surface area contributed by atoms with Gasteiger partial charge in [0, 0.05) is 6.20 Å². The number of nitrogens with zero attached hydrogens (tertiary/aromatic N) is 2. The van der Waals surface area contributed by atoms with Crippen molar-refractivity contribution >= 4 is 26.5 Å². The van der Waals surface area contributed by atoms with E-state index in [9.17, 15) is 21.6 Å². The highest BCUT2D eigenvalue weighted by Crippen LogP contribution is 2.34. The Morgan fingerprint density at radius 3 is 2.48 bits per heavy atom. The van der Waals surface area contributed by atoms with E-state index < -0.39 is 27.0 Å². The van der Waals surface area contributed by atoms with E-state index in [2.05, 4.69) is 19.4 Å². The molecule has 0 spiro atoms. The van der Waals surface area contributed by atoms with E-state index in [4.69, 9.17) is 0 Å². The molecule has 1 N–H and O–H groups in total. The van der Waals surface area contributed by atoms with Gasteiger partial charge in [0.05, 0.1) is 16.3 Å². The number of sulfonamides is 1. The standard InChI is InChI=1S/C16H12F3N3O3S2/c1-10-14(11-6-4-5-9-20-11)26-15(21-10)22-27(23,24)13-8-3-2-7-12(13)25-16(17,18)19/h2-9H,1H3,(H,21,22). The first-order valence-corrected chi connectivity index (χ1v) is 9.72. The topological polar surface area (TPSA) is 81.2 Å². The number of halogens is 3. The number of benzene rings is 1. The molecule has 142 valence electrons. The zero-order valence-corrected chi connectivity index (χ0v) is 15.3. The van der Waals surface area contributed by atoms with E-state index in [-0.39, 0.29) is 5.13 Å². The number of thiazole rings is 1. The molecule has 27 heavy (non-hydrogen) atoms. The van der Waals surface area contributed by atoms with Crippen LogP contribution in [0.1, 0.15) is 5.69 Å². The van der Waals surface area contributed by atoms with E-state index in [0.717, 1.165) is 23.5 Å². The minimum absolute atomic E-state index is 0.00923. The summed E-state index contributed by atoms with van der Waals surface area (Å²) in [6.45, 7) is 1.68. The van der Waals surface area contributed by atoms with E-state index in [1.807, 2.05) is 0 Å². The number of aromatic nitrogens is 2. The van der Waals surface area contributed by atoms with Gasteiger partial charge in [-0.05, 0) is 31.2 Å². The number of hydrogen-bond donors (Lipinski definition) is 1. The normalized spacial score (nSPS) is 12.0. The van der Waals surface area contributed by atoms with Gasteiger partial charge in [0.25, 0.3) is 10.0 Å². The number of pyridine rings is 1. The van der Waals surface area contributed by atoms with Crippen LogP contribution in [0.15, 0.2) is 53.6 Å². The van der Waals surface area contributed by atoms with Crippen LogP contribution in [0.25, 0.3) is 10.6 Å². The Hall–Kier alpha value is -2.66. The van der Waals surface area contributed by atoms with Crippen LogP contribution in [0, 0.1) is 6.92 Å². The van der Waals surface area contributed by atoms with Crippen molar-refractivity contribution < 1.29 is 26.3 Å². The van der Waals surface area contributed by atoms with Crippen LogP contribution in [0.4, 0.5) is 18.3 Å². The molecule has 0 aliphatic carbocycles. The Balaban J connectivity index is 1.93. The lowest BCUT2D eigenvalue weighted by atomic mass is 10.3. The first kappa shape index (κ1) is 19.1. The fourth-order valence-corrected chi connectivity index (χ4v) is 4.53. The van der Waals surface area contributed by atoms with Crippen LogP contribution in [-0.4, -0.2) is 24.7 Å². The molecule has 0 atom stereocenters. The van der Waals surface area contributed by atoms with E-state index in [1.165, 1.54) is 12.1 Å². The summed E-state index contributed by atoms with van der Waals surface area (Å²) in [4.78, 5) is 8.31. The van der Waals surface area contributed by atoms with Gasteiger partial charge >= 0.3 is 6.36 Å². The summed E-state index contributed by atoms with van der Waals surface area (Å²) in [7, 11) is -4.35. The fraction of sp³-hybridized carbons (Fsp3) is 0.125. The summed E-state index contributed by atoms with van der Waals surface area (Å²) in [5.41, 5.74) is 1.15. The lowest BCUT2D eigenvalue weighted by molar-refractivity contribution is -0.275. The molecule has 0 radical (unpaired) electrons. The van der Waals surface area contributed by atoms with Crippen molar-refractivity contribution in [3.63, 3.8) is 0 Å². The molecule has 0 aliphatic heterocycles. The molecule has 0 saturated carbocycles. The largest absolute Gasteiger partial charge is 0.573 e. The summed E-state index contributed by atoms with van der Waals surface area (Å²) < 4.78 is 68.7. The lowest BCUT2D eigenvalue weighted by Crippen LogP contribution is -2.20. The van der Waals surface area contributed by atoms with Crippen molar-refractivity contribution in [2.24, 2.45) is 0 Å². The number of rotatable bonds is 5. The monoisotopic (exact) mass is 415 g/mol. The van der Waals surface area contributed by atoms with Gasteiger partial charge in [-0.25, -0.2) is 13.4 Å². The first-order valence-electron chi connectivity index (χ1n) is 7.42. The Morgan fingerprint density at radius 2 is 1.81 bits per heavy atom. The highest BCUT2D eigenvalue weighted by atomic mass is 32.2. The van der Waals surface area contributed by atoms with Crippen LogP contribution in [0.5, 0.6) is 5.75 Å². The van der Waals surface area contributed by atoms with Gasteiger partial charge in [-0.1, -0.05) is 29.5 Å². The first-order chi connectivity index (χ1) is 12.7. The van der Waals surface area contributed by atoms with Gasteiger partial charge < -0.3 is 4.74 Å². The number of aryl methyl sites for hydroxylation is 1. The number of ether oxygens (including phenoxy) is 1. The zero-order valence-electron chi connectivity index (χ0n) is 13.7. The van der Waals surface area contributed by atoms with Crippen LogP contribution < -0.4 is 9.46 Å². The zero-order chi connectivity index (χ0) is 19.7. The molecule has 0 fully saturated rings. The molecule has 0 amide bonds. The maximum absolute atomic E-state index is 12.6. The Kier molecular flexibility index (Phi) is 5.07.